The number of nitrogens with one attached hydrogen (secondary N) is 1. The van der Waals surface area contributed by atoms with Crippen molar-refractivity contribution in [3.8, 4) is 0 Å². The number of hydrogen-bond acceptors (Lipinski definition) is 5. The van der Waals surface area contributed by atoms with Crippen molar-refractivity contribution in [1.82, 2.24) is 4.90 Å². The van der Waals surface area contributed by atoms with Crippen LogP contribution in [0.3, 0.4) is 0 Å². The summed E-state index contributed by atoms with van der Waals surface area (Å²) in [7, 11) is 0. The van der Waals surface area contributed by atoms with Gasteiger partial charge in [0.1, 0.15) is 5.69 Å². The van der Waals surface area contributed by atoms with Crippen molar-refractivity contribution < 1.29 is 10.0 Å². The highest BCUT2D eigenvalue weighted by atomic mass is 16.6. The van der Waals surface area contributed by atoms with Crippen LogP contribution in [0.5, 0.6) is 0 Å². The molecule has 6 nitrogen and oxygen atoms in total. The lowest BCUT2D eigenvalue weighted by atomic mass is 10.1. The Balaban J connectivity index is 2.16. The molecule has 1 aliphatic heterocycles. The zero-order chi connectivity index (χ0) is 14.5. The molecule has 2 rings (SSSR count). The fourth-order valence-electron chi connectivity index (χ4n) is 2.72. The van der Waals surface area contributed by atoms with Gasteiger partial charge in [-0.15, -0.1) is 0 Å². The first kappa shape index (κ1) is 14.7. The molecule has 1 aliphatic rings. The van der Waals surface area contributed by atoms with Crippen LogP contribution < -0.4 is 5.32 Å². The van der Waals surface area contributed by atoms with Gasteiger partial charge in [0.05, 0.1) is 11.5 Å². The van der Waals surface area contributed by atoms with E-state index >= 15 is 0 Å². The topological polar surface area (TPSA) is 78.6 Å². The Labute approximate surface area is 118 Å². The van der Waals surface area contributed by atoms with Crippen LogP contribution >= 0.6 is 0 Å². The largest absolute Gasteiger partial charge is 0.395 e. The summed E-state index contributed by atoms with van der Waals surface area (Å²) in [5.41, 5.74) is 1.71. The fourth-order valence-corrected chi connectivity index (χ4v) is 2.72. The second-order valence-corrected chi connectivity index (χ2v) is 5.09. The summed E-state index contributed by atoms with van der Waals surface area (Å²) in [5, 5.41) is 23.3. The summed E-state index contributed by atoms with van der Waals surface area (Å²) in [6.45, 7) is 4.43. The molecule has 0 saturated carbocycles. The molecular weight excluding hydrogens is 258 g/mol. The van der Waals surface area contributed by atoms with E-state index in [1.807, 2.05) is 13.0 Å². The molecule has 1 saturated heterocycles. The molecule has 1 atom stereocenters. The van der Waals surface area contributed by atoms with E-state index in [4.69, 9.17) is 0 Å². The lowest BCUT2D eigenvalue weighted by Gasteiger charge is -2.22. The zero-order valence-electron chi connectivity index (χ0n) is 11.7. The summed E-state index contributed by atoms with van der Waals surface area (Å²) in [6, 6.07) is 5.41. The number of hydrogen-bond donors (Lipinski definition) is 2. The van der Waals surface area contributed by atoms with Crippen molar-refractivity contribution >= 4 is 11.4 Å². The SMILES string of the molecule is CCNc1cc(CN2CCCC2CO)ccc1[N+](=O)[O-]. The van der Waals surface area contributed by atoms with Gasteiger partial charge in [-0.05, 0) is 37.9 Å². The van der Waals surface area contributed by atoms with Gasteiger partial charge in [0, 0.05) is 25.2 Å². The lowest BCUT2D eigenvalue weighted by Crippen LogP contribution is -2.31. The molecule has 1 aromatic carbocycles. The minimum atomic E-state index is -0.367. The van der Waals surface area contributed by atoms with Crippen LogP contribution in [-0.4, -0.2) is 40.7 Å². The molecule has 1 aromatic rings. The highest BCUT2D eigenvalue weighted by Crippen LogP contribution is 2.27. The summed E-state index contributed by atoms with van der Waals surface area (Å²) in [5.74, 6) is 0. The molecule has 0 radical (unpaired) electrons. The van der Waals surface area contributed by atoms with Gasteiger partial charge in [-0.25, -0.2) is 0 Å². The minimum Gasteiger partial charge on any atom is -0.395 e. The number of aliphatic hydroxyl groups is 1. The molecule has 1 fully saturated rings. The first-order chi connectivity index (χ1) is 9.65. The number of aliphatic hydroxyl groups excluding tert-OH is 1. The Morgan fingerprint density at radius 1 is 1.55 bits per heavy atom. The predicted octanol–water partition coefficient (Wildman–Crippen LogP) is 1.98. The van der Waals surface area contributed by atoms with Crippen molar-refractivity contribution in [2.45, 2.75) is 32.4 Å². The van der Waals surface area contributed by atoms with Gasteiger partial charge in [-0.1, -0.05) is 6.07 Å². The van der Waals surface area contributed by atoms with Crippen molar-refractivity contribution in [2.24, 2.45) is 0 Å². The Morgan fingerprint density at radius 2 is 2.35 bits per heavy atom. The van der Waals surface area contributed by atoms with Gasteiger partial charge in [0.25, 0.3) is 5.69 Å². The average Bonchev–Trinajstić information content (AvgIpc) is 2.86. The van der Waals surface area contributed by atoms with E-state index in [1.165, 1.54) is 0 Å². The van der Waals surface area contributed by atoms with E-state index in [-0.39, 0.29) is 23.3 Å². The predicted molar refractivity (Wildman–Crippen MR) is 77.8 cm³/mol. The normalized spacial score (nSPS) is 19.2. The molecule has 0 aromatic heterocycles. The number of benzene rings is 1. The van der Waals surface area contributed by atoms with Crippen LogP contribution in [0.1, 0.15) is 25.3 Å². The molecule has 2 N–H and O–H groups in total. The molecule has 0 bridgehead atoms. The quantitative estimate of drug-likeness (QED) is 0.615. The second-order valence-electron chi connectivity index (χ2n) is 5.09. The van der Waals surface area contributed by atoms with Crippen molar-refractivity contribution in [3.05, 3.63) is 33.9 Å². The van der Waals surface area contributed by atoms with Crippen LogP contribution in [-0.2, 0) is 6.54 Å². The van der Waals surface area contributed by atoms with Crippen LogP contribution in [0, 0.1) is 10.1 Å². The zero-order valence-corrected chi connectivity index (χ0v) is 11.7. The summed E-state index contributed by atoms with van der Waals surface area (Å²) < 4.78 is 0. The maximum Gasteiger partial charge on any atom is 0.292 e. The molecular formula is C14H21N3O3. The average molecular weight is 279 g/mol. The van der Waals surface area contributed by atoms with Gasteiger partial charge in [-0.3, -0.25) is 15.0 Å². The van der Waals surface area contributed by atoms with Gasteiger partial charge in [0.15, 0.2) is 0 Å². The van der Waals surface area contributed by atoms with Gasteiger partial charge in [0.2, 0.25) is 0 Å². The van der Waals surface area contributed by atoms with Crippen LogP contribution in [0.4, 0.5) is 11.4 Å². The first-order valence-corrected chi connectivity index (χ1v) is 7.01. The second kappa shape index (κ2) is 6.67. The third-order valence-corrected chi connectivity index (χ3v) is 3.72. The van der Waals surface area contributed by atoms with Gasteiger partial charge < -0.3 is 10.4 Å². The van der Waals surface area contributed by atoms with Crippen LogP contribution in [0.15, 0.2) is 18.2 Å². The third kappa shape index (κ3) is 3.26. The summed E-state index contributed by atoms with van der Waals surface area (Å²) in [6.07, 6.45) is 2.11. The summed E-state index contributed by atoms with van der Waals surface area (Å²) in [4.78, 5) is 12.8. The molecule has 1 heterocycles. The number of likely N-dealkylation sites (tertiary alicyclic amines) is 1. The smallest absolute Gasteiger partial charge is 0.292 e. The Hall–Kier alpha value is -1.66. The maximum atomic E-state index is 11.0. The van der Waals surface area contributed by atoms with E-state index in [1.54, 1.807) is 12.1 Å². The number of anilines is 1. The number of nitrogens with zero attached hydrogens (tertiary/aromatic N) is 2. The molecule has 0 aliphatic carbocycles. The standard InChI is InChI=1S/C14H21N3O3/c1-2-15-13-8-11(5-6-14(13)17(19)20)9-16-7-3-4-12(16)10-18/h5-6,8,12,15,18H,2-4,7,9-10H2,1H3. The minimum absolute atomic E-state index is 0.107. The Bertz CT molecular complexity index is 479. The maximum absolute atomic E-state index is 11.0. The molecule has 0 spiro atoms. The van der Waals surface area contributed by atoms with Gasteiger partial charge in [-0.2, -0.15) is 0 Å². The Kier molecular flexibility index (Phi) is 4.92. The van der Waals surface area contributed by atoms with E-state index in [0.717, 1.165) is 31.5 Å². The van der Waals surface area contributed by atoms with Crippen LogP contribution in [0.25, 0.3) is 0 Å². The molecule has 110 valence electrons. The van der Waals surface area contributed by atoms with Gasteiger partial charge >= 0.3 is 0 Å². The number of rotatable bonds is 6. The van der Waals surface area contributed by atoms with Crippen molar-refractivity contribution in [3.63, 3.8) is 0 Å². The van der Waals surface area contributed by atoms with Crippen LogP contribution in [0.2, 0.25) is 0 Å². The van der Waals surface area contributed by atoms with Crippen molar-refractivity contribution in [1.29, 1.82) is 0 Å². The van der Waals surface area contributed by atoms with E-state index < -0.39 is 0 Å². The highest BCUT2D eigenvalue weighted by molar-refractivity contribution is 5.62. The molecule has 0 amide bonds. The number of nitro groups is 1. The molecule has 6 heteroatoms. The van der Waals surface area contributed by atoms with E-state index in [9.17, 15) is 15.2 Å². The summed E-state index contributed by atoms with van der Waals surface area (Å²) >= 11 is 0. The fraction of sp³-hybridized carbons (Fsp3) is 0.571. The lowest BCUT2D eigenvalue weighted by molar-refractivity contribution is -0.384. The molecule has 1 unspecified atom stereocenters. The first-order valence-electron chi connectivity index (χ1n) is 7.01. The monoisotopic (exact) mass is 279 g/mol. The molecule has 20 heavy (non-hydrogen) atoms. The highest BCUT2D eigenvalue weighted by Gasteiger charge is 2.24. The van der Waals surface area contributed by atoms with E-state index in [2.05, 4.69) is 10.2 Å². The third-order valence-electron chi connectivity index (χ3n) is 3.72. The Morgan fingerprint density at radius 3 is 3.00 bits per heavy atom. The number of nitro benzene ring substituents is 1. The van der Waals surface area contributed by atoms with Crippen molar-refractivity contribution in [2.75, 3.05) is 25.0 Å². The van der Waals surface area contributed by atoms with E-state index in [0.29, 0.717) is 12.2 Å².